The van der Waals surface area contributed by atoms with E-state index in [0.29, 0.717) is 28.5 Å². The molecule has 1 aromatic carbocycles. The summed E-state index contributed by atoms with van der Waals surface area (Å²) < 4.78 is 1.93. The van der Waals surface area contributed by atoms with Crippen LogP contribution in [0.1, 0.15) is 20.8 Å². The molecule has 0 spiro atoms. The Bertz CT molecular complexity index is 928. The molecule has 1 N–H and O–H groups in total. The van der Waals surface area contributed by atoms with Crippen molar-refractivity contribution in [2.75, 3.05) is 6.54 Å². The molecular weight excluding hydrogens is 394 g/mol. The van der Waals surface area contributed by atoms with Crippen molar-refractivity contribution in [2.24, 2.45) is 5.92 Å². The van der Waals surface area contributed by atoms with Crippen LogP contribution in [0.25, 0.3) is 17.1 Å². The molecule has 2 heterocycles. The van der Waals surface area contributed by atoms with Crippen molar-refractivity contribution < 1.29 is 4.79 Å². The van der Waals surface area contributed by atoms with Crippen molar-refractivity contribution in [1.82, 2.24) is 25.1 Å². The van der Waals surface area contributed by atoms with E-state index in [1.807, 2.05) is 47.9 Å². The fourth-order valence-corrected chi connectivity index (χ4v) is 3.54. The van der Waals surface area contributed by atoms with Gasteiger partial charge in [0.05, 0.1) is 5.25 Å². The van der Waals surface area contributed by atoms with E-state index in [-0.39, 0.29) is 11.2 Å². The second-order valence-electron chi connectivity index (χ2n) is 6.75. The maximum atomic E-state index is 12.4. The molecule has 6 nitrogen and oxygen atoms in total. The molecule has 0 aliphatic carbocycles. The molecule has 0 aliphatic heterocycles. The summed E-state index contributed by atoms with van der Waals surface area (Å²) >= 11 is 7.42. The lowest BCUT2D eigenvalue weighted by Crippen LogP contribution is -2.33. The number of aromatic nitrogens is 4. The summed E-state index contributed by atoms with van der Waals surface area (Å²) in [5.41, 5.74) is 1.76. The minimum Gasteiger partial charge on any atom is -0.355 e. The highest BCUT2D eigenvalue weighted by atomic mass is 35.5. The monoisotopic (exact) mass is 415 g/mol. The largest absolute Gasteiger partial charge is 0.355 e. The molecule has 0 unspecified atom stereocenters. The van der Waals surface area contributed by atoms with Crippen molar-refractivity contribution in [1.29, 1.82) is 0 Å². The van der Waals surface area contributed by atoms with Crippen LogP contribution >= 0.6 is 23.4 Å². The average molecular weight is 416 g/mol. The van der Waals surface area contributed by atoms with E-state index >= 15 is 0 Å². The third-order valence-corrected chi connectivity index (χ3v) is 5.29. The Kier molecular flexibility index (Phi) is 6.70. The van der Waals surface area contributed by atoms with E-state index < -0.39 is 0 Å². The van der Waals surface area contributed by atoms with Gasteiger partial charge in [-0.1, -0.05) is 37.2 Å². The first kappa shape index (κ1) is 20.4. The second-order valence-corrected chi connectivity index (χ2v) is 8.50. The molecule has 0 saturated heterocycles. The number of benzene rings is 1. The van der Waals surface area contributed by atoms with Gasteiger partial charge in [-0.3, -0.25) is 14.3 Å². The van der Waals surface area contributed by atoms with Crippen molar-refractivity contribution in [3.63, 3.8) is 0 Å². The van der Waals surface area contributed by atoms with E-state index in [0.717, 1.165) is 11.3 Å². The zero-order valence-corrected chi connectivity index (χ0v) is 17.5. The van der Waals surface area contributed by atoms with Crippen LogP contribution < -0.4 is 5.32 Å². The van der Waals surface area contributed by atoms with Crippen molar-refractivity contribution in [2.45, 2.75) is 31.2 Å². The minimum atomic E-state index is -0.306. The molecule has 0 radical (unpaired) electrons. The summed E-state index contributed by atoms with van der Waals surface area (Å²) in [6.07, 6.45) is 3.43. The molecule has 0 saturated carbocycles. The van der Waals surface area contributed by atoms with Crippen LogP contribution in [0.4, 0.5) is 0 Å². The van der Waals surface area contributed by atoms with Gasteiger partial charge < -0.3 is 5.32 Å². The Labute approximate surface area is 173 Å². The molecule has 28 heavy (non-hydrogen) atoms. The number of carbonyl (C=O) groups excluding carboxylic acids is 1. The van der Waals surface area contributed by atoms with Crippen LogP contribution in [0.15, 0.2) is 53.9 Å². The highest BCUT2D eigenvalue weighted by Gasteiger charge is 2.21. The van der Waals surface area contributed by atoms with Crippen LogP contribution in [0.2, 0.25) is 5.02 Å². The Balaban J connectivity index is 1.94. The van der Waals surface area contributed by atoms with Crippen molar-refractivity contribution >= 4 is 29.3 Å². The first-order valence-corrected chi connectivity index (χ1v) is 10.3. The van der Waals surface area contributed by atoms with Crippen LogP contribution in [0.3, 0.4) is 0 Å². The fourth-order valence-electron chi connectivity index (χ4n) is 2.52. The van der Waals surface area contributed by atoms with Crippen LogP contribution in [0, 0.1) is 5.92 Å². The fraction of sp³-hybridized carbons (Fsp3) is 0.300. The number of carbonyl (C=O) groups is 1. The molecule has 3 aromatic rings. The SMILES string of the molecule is CC(C)CNC(=O)[C@@H](C)Sc1nnc(-c2ccncc2)n1-c1ccc(Cl)cc1. The zero-order valence-electron chi connectivity index (χ0n) is 16.0. The molecule has 146 valence electrons. The van der Waals surface area contributed by atoms with Gasteiger partial charge in [-0.2, -0.15) is 0 Å². The van der Waals surface area contributed by atoms with E-state index in [1.54, 1.807) is 12.4 Å². The van der Waals surface area contributed by atoms with Crippen LogP contribution in [-0.4, -0.2) is 37.5 Å². The molecule has 8 heteroatoms. The first-order chi connectivity index (χ1) is 13.5. The quantitative estimate of drug-likeness (QED) is 0.584. The summed E-state index contributed by atoms with van der Waals surface area (Å²) in [5, 5.41) is 12.7. The number of nitrogens with one attached hydrogen (secondary N) is 1. The summed E-state index contributed by atoms with van der Waals surface area (Å²) in [6, 6.07) is 11.2. The Hall–Kier alpha value is -2.38. The number of hydrogen-bond donors (Lipinski definition) is 1. The standard InChI is InChI=1S/C20H22ClN5OS/c1-13(2)12-23-19(27)14(3)28-20-25-24-18(15-8-10-22-11-9-15)26(20)17-6-4-16(21)5-7-17/h4-11,13-14H,12H2,1-3H3,(H,23,27)/t14-/m1/s1. The third-order valence-electron chi connectivity index (χ3n) is 3.99. The highest BCUT2D eigenvalue weighted by molar-refractivity contribution is 8.00. The number of rotatable bonds is 7. The van der Waals surface area contributed by atoms with Gasteiger partial charge in [-0.25, -0.2) is 0 Å². The number of pyridine rings is 1. The summed E-state index contributed by atoms with van der Waals surface area (Å²) in [5.74, 6) is 1.06. The summed E-state index contributed by atoms with van der Waals surface area (Å²) in [6.45, 7) is 6.65. The lowest BCUT2D eigenvalue weighted by molar-refractivity contribution is -0.120. The number of halogens is 1. The topological polar surface area (TPSA) is 72.7 Å². The zero-order chi connectivity index (χ0) is 20.1. The average Bonchev–Trinajstić information content (AvgIpc) is 3.10. The maximum Gasteiger partial charge on any atom is 0.233 e. The lowest BCUT2D eigenvalue weighted by atomic mass is 10.2. The van der Waals surface area contributed by atoms with E-state index in [1.165, 1.54) is 11.8 Å². The lowest BCUT2D eigenvalue weighted by Gasteiger charge is -2.14. The molecular formula is C20H22ClN5OS. The molecule has 0 aliphatic rings. The van der Waals surface area contributed by atoms with Gasteiger partial charge in [0.25, 0.3) is 0 Å². The minimum absolute atomic E-state index is 0.0187. The van der Waals surface area contributed by atoms with Crippen molar-refractivity contribution in [3.8, 4) is 17.1 Å². The van der Waals surface area contributed by atoms with Gasteiger partial charge in [0.2, 0.25) is 5.91 Å². The Morgan fingerprint density at radius 1 is 1.11 bits per heavy atom. The molecule has 0 fully saturated rings. The number of hydrogen-bond acceptors (Lipinski definition) is 5. The predicted molar refractivity (Wildman–Crippen MR) is 113 cm³/mol. The summed E-state index contributed by atoms with van der Waals surface area (Å²) in [7, 11) is 0. The maximum absolute atomic E-state index is 12.4. The highest BCUT2D eigenvalue weighted by Crippen LogP contribution is 2.30. The van der Waals surface area contributed by atoms with Gasteiger partial charge in [-0.05, 0) is 49.2 Å². The van der Waals surface area contributed by atoms with Crippen molar-refractivity contribution in [3.05, 3.63) is 53.8 Å². The van der Waals surface area contributed by atoms with Gasteiger partial charge >= 0.3 is 0 Å². The molecule has 2 aromatic heterocycles. The second kappa shape index (κ2) is 9.21. The van der Waals surface area contributed by atoms with Crippen LogP contribution in [-0.2, 0) is 4.79 Å². The Morgan fingerprint density at radius 3 is 2.43 bits per heavy atom. The molecule has 3 rings (SSSR count). The predicted octanol–water partition coefficient (Wildman–Crippen LogP) is 4.24. The molecule has 1 atom stereocenters. The molecule has 1 amide bonds. The smallest absolute Gasteiger partial charge is 0.233 e. The third kappa shape index (κ3) is 4.91. The van der Waals surface area contributed by atoms with Crippen LogP contribution in [0.5, 0.6) is 0 Å². The Morgan fingerprint density at radius 2 is 1.79 bits per heavy atom. The van der Waals surface area contributed by atoms with E-state index in [2.05, 4.69) is 34.3 Å². The van der Waals surface area contributed by atoms with Gasteiger partial charge in [0, 0.05) is 35.2 Å². The van der Waals surface area contributed by atoms with Gasteiger partial charge in [0.1, 0.15) is 0 Å². The van der Waals surface area contributed by atoms with E-state index in [4.69, 9.17) is 11.6 Å². The van der Waals surface area contributed by atoms with E-state index in [9.17, 15) is 4.79 Å². The number of nitrogens with zero attached hydrogens (tertiary/aromatic N) is 4. The number of amides is 1. The van der Waals surface area contributed by atoms with Gasteiger partial charge in [-0.15, -0.1) is 10.2 Å². The number of thioether (sulfide) groups is 1. The normalized spacial score (nSPS) is 12.2. The summed E-state index contributed by atoms with van der Waals surface area (Å²) in [4.78, 5) is 16.5. The molecule has 0 bridgehead atoms. The first-order valence-electron chi connectivity index (χ1n) is 9.02. The van der Waals surface area contributed by atoms with Gasteiger partial charge in [0.15, 0.2) is 11.0 Å².